The van der Waals surface area contributed by atoms with E-state index in [9.17, 15) is 9.59 Å². The molecule has 0 aliphatic carbocycles. The van der Waals surface area contributed by atoms with Gasteiger partial charge in [0.2, 0.25) is 0 Å². The van der Waals surface area contributed by atoms with Crippen molar-refractivity contribution in [3.8, 4) is 5.75 Å². The van der Waals surface area contributed by atoms with Crippen LogP contribution in [-0.4, -0.2) is 29.9 Å². The summed E-state index contributed by atoms with van der Waals surface area (Å²) < 4.78 is 11.0. The van der Waals surface area contributed by atoms with E-state index in [1.807, 2.05) is 57.2 Å². The maximum Gasteiger partial charge on any atom is 0.268 e. The number of carbonyl (C=O) groups is 2. The molecule has 1 aliphatic rings. The SMILES string of the molecule is CCCOc1ccc(C2=C(SCc3ccco3)C(=O)N(CC(C)C)C2=O)cc1. The van der Waals surface area contributed by atoms with E-state index in [0.717, 1.165) is 23.5 Å². The molecule has 1 aliphatic heterocycles. The second-order valence-corrected chi connectivity index (χ2v) is 8.05. The molecule has 5 nitrogen and oxygen atoms in total. The molecule has 0 saturated heterocycles. The Morgan fingerprint density at radius 2 is 1.86 bits per heavy atom. The number of nitrogens with zero attached hydrogens (tertiary/aromatic N) is 1. The predicted molar refractivity (Wildman–Crippen MR) is 111 cm³/mol. The summed E-state index contributed by atoms with van der Waals surface area (Å²) in [6, 6.07) is 11.0. The number of imide groups is 1. The molecule has 0 radical (unpaired) electrons. The lowest BCUT2D eigenvalue weighted by Crippen LogP contribution is -2.34. The first-order valence-electron chi connectivity index (χ1n) is 9.50. The summed E-state index contributed by atoms with van der Waals surface area (Å²) in [6.07, 6.45) is 2.53. The number of benzene rings is 1. The minimum absolute atomic E-state index is 0.202. The number of hydrogen-bond donors (Lipinski definition) is 0. The van der Waals surface area contributed by atoms with Crippen molar-refractivity contribution in [2.45, 2.75) is 32.9 Å². The van der Waals surface area contributed by atoms with Gasteiger partial charge in [0, 0.05) is 6.54 Å². The van der Waals surface area contributed by atoms with Crippen molar-refractivity contribution in [1.82, 2.24) is 4.90 Å². The molecular formula is C22H25NO4S. The van der Waals surface area contributed by atoms with Gasteiger partial charge >= 0.3 is 0 Å². The number of rotatable bonds is 9. The smallest absolute Gasteiger partial charge is 0.268 e. The molecule has 0 saturated carbocycles. The van der Waals surface area contributed by atoms with Crippen molar-refractivity contribution >= 4 is 29.1 Å². The summed E-state index contributed by atoms with van der Waals surface area (Å²) in [6.45, 7) is 7.09. The molecule has 3 rings (SSSR count). The Balaban J connectivity index is 1.90. The van der Waals surface area contributed by atoms with Crippen molar-refractivity contribution in [3.63, 3.8) is 0 Å². The Kier molecular flexibility index (Phi) is 6.62. The average Bonchev–Trinajstić information content (AvgIpc) is 3.27. The summed E-state index contributed by atoms with van der Waals surface area (Å²) in [5, 5.41) is 0. The molecule has 0 bridgehead atoms. The summed E-state index contributed by atoms with van der Waals surface area (Å²) in [4.78, 5) is 27.9. The van der Waals surface area contributed by atoms with Gasteiger partial charge < -0.3 is 9.15 Å². The Hall–Kier alpha value is -2.47. The van der Waals surface area contributed by atoms with Crippen LogP contribution in [0, 0.1) is 5.92 Å². The van der Waals surface area contributed by atoms with Gasteiger partial charge in [0.25, 0.3) is 11.8 Å². The van der Waals surface area contributed by atoms with Gasteiger partial charge in [0.15, 0.2) is 0 Å². The maximum absolute atomic E-state index is 13.1. The monoisotopic (exact) mass is 399 g/mol. The van der Waals surface area contributed by atoms with Gasteiger partial charge in [-0.2, -0.15) is 0 Å². The number of thioether (sulfide) groups is 1. The fourth-order valence-corrected chi connectivity index (χ4v) is 3.98. The van der Waals surface area contributed by atoms with Crippen molar-refractivity contribution in [3.05, 3.63) is 58.9 Å². The van der Waals surface area contributed by atoms with Gasteiger partial charge in [0.1, 0.15) is 11.5 Å². The first-order valence-corrected chi connectivity index (χ1v) is 10.5. The topological polar surface area (TPSA) is 59.8 Å². The summed E-state index contributed by atoms with van der Waals surface area (Å²) in [5.74, 6) is 1.76. The zero-order valence-corrected chi connectivity index (χ0v) is 17.3. The van der Waals surface area contributed by atoms with Crippen molar-refractivity contribution in [2.75, 3.05) is 13.2 Å². The lowest BCUT2D eigenvalue weighted by atomic mass is 10.1. The lowest BCUT2D eigenvalue weighted by Gasteiger charge is -2.17. The first kappa shape index (κ1) is 20.3. The van der Waals surface area contributed by atoms with Crippen LogP contribution in [0.1, 0.15) is 38.5 Å². The van der Waals surface area contributed by atoms with Crippen molar-refractivity contribution < 1.29 is 18.7 Å². The molecule has 2 amide bonds. The van der Waals surface area contributed by atoms with Gasteiger partial charge in [-0.3, -0.25) is 14.5 Å². The Labute approximate surface area is 169 Å². The average molecular weight is 400 g/mol. The third-order valence-electron chi connectivity index (χ3n) is 4.23. The van der Waals surface area contributed by atoms with E-state index in [1.54, 1.807) is 6.26 Å². The fraction of sp³-hybridized carbons (Fsp3) is 0.364. The predicted octanol–water partition coefficient (Wildman–Crippen LogP) is 4.74. The van der Waals surface area contributed by atoms with Crippen LogP contribution in [0.25, 0.3) is 5.57 Å². The van der Waals surface area contributed by atoms with Crippen LogP contribution in [0.3, 0.4) is 0 Å². The molecule has 1 aromatic heterocycles. The zero-order valence-electron chi connectivity index (χ0n) is 16.4. The lowest BCUT2D eigenvalue weighted by molar-refractivity contribution is -0.137. The van der Waals surface area contributed by atoms with Crippen LogP contribution < -0.4 is 4.74 Å². The Morgan fingerprint density at radius 1 is 1.11 bits per heavy atom. The minimum atomic E-state index is -0.233. The summed E-state index contributed by atoms with van der Waals surface area (Å²) >= 11 is 1.35. The van der Waals surface area contributed by atoms with Gasteiger partial charge in [-0.25, -0.2) is 0 Å². The number of ether oxygens (including phenoxy) is 1. The van der Waals surface area contributed by atoms with Crippen LogP contribution in [0.15, 0.2) is 52.0 Å². The molecule has 1 aromatic carbocycles. The molecule has 0 unspecified atom stereocenters. The Morgan fingerprint density at radius 3 is 2.46 bits per heavy atom. The number of hydrogen-bond acceptors (Lipinski definition) is 5. The van der Waals surface area contributed by atoms with E-state index in [2.05, 4.69) is 0 Å². The van der Waals surface area contributed by atoms with Gasteiger partial charge in [0.05, 0.1) is 29.1 Å². The molecule has 0 spiro atoms. The molecule has 2 heterocycles. The molecular weight excluding hydrogens is 374 g/mol. The van der Waals surface area contributed by atoms with E-state index in [1.165, 1.54) is 16.7 Å². The Bertz CT molecular complexity index is 853. The van der Waals surface area contributed by atoms with Crippen LogP contribution >= 0.6 is 11.8 Å². The third-order valence-corrected chi connectivity index (χ3v) is 5.32. The standard InChI is InChI=1S/C22H25NO4S/c1-4-11-26-17-9-7-16(8-10-17)19-20(28-14-18-6-5-12-27-18)22(25)23(21(19)24)13-15(2)3/h5-10,12,15H,4,11,13-14H2,1-3H3. The highest BCUT2D eigenvalue weighted by molar-refractivity contribution is 8.03. The van der Waals surface area contributed by atoms with E-state index in [0.29, 0.717) is 29.4 Å². The van der Waals surface area contributed by atoms with Gasteiger partial charge in [-0.15, -0.1) is 11.8 Å². The summed E-state index contributed by atoms with van der Waals surface area (Å²) in [5.41, 5.74) is 1.19. The molecule has 28 heavy (non-hydrogen) atoms. The second-order valence-electron chi connectivity index (χ2n) is 7.06. The molecule has 6 heteroatoms. The second kappa shape index (κ2) is 9.15. The van der Waals surface area contributed by atoms with Crippen LogP contribution in [0.2, 0.25) is 0 Å². The summed E-state index contributed by atoms with van der Waals surface area (Å²) in [7, 11) is 0. The zero-order chi connectivity index (χ0) is 20.1. The highest BCUT2D eigenvalue weighted by Gasteiger charge is 2.39. The molecule has 2 aromatic rings. The highest BCUT2D eigenvalue weighted by Crippen LogP contribution is 2.38. The molecule has 148 valence electrons. The number of carbonyl (C=O) groups excluding carboxylic acids is 2. The van der Waals surface area contributed by atoms with Crippen LogP contribution in [-0.2, 0) is 15.3 Å². The number of furan rings is 1. The largest absolute Gasteiger partial charge is 0.494 e. The van der Waals surface area contributed by atoms with Gasteiger partial charge in [-0.1, -0.05) is 32.9 Å². The van der Waals surface area contributed by atoms with E-state index >= 15 is 0 Å². The van der Waals surface area contributed by atoms with Crippen LogP contribution in [0.5, 0.6) is 5.75 Å². The van der Waals surface area contributed by atoms with Crippen molar-refractivity contribution in [1.29, 1.82) is 0 Å². The van der Waals surface area contributed by atoms with E-state index in [-0.39, 0.29) is 17.7 Å². The van der Waals surface area contributed by atoms with Crippen molar-refractivity contribution in [2.24, 2.45) is 5.92 Å². The molecule has 0 fully saturated rings. The molecule has 0 atom stereocenters. The van der Waals surface area contributed by atoms with Gasteiger partial charge in [-0.05, 0) is 42.2 Å². The molecule has 0 N–H and O–H groups in total. The first-order chi connectivity index (χ1) is 13.5. The fourth-order valence-electron chi connectivity index (χ4n) is 2.95. The van der Waals surface area contributed by atoms with E-state index in [4.69, 9.17) is 9.15 Å². The normalized spacial score (nSPS) is 14.5. The highest BCUT2D eigenvalue weighted by atomic mass is 32.2. The third kappa shape index (κ3) is 4.50. The van der Waals surface area contributed by atoms with Crippen LogP contribution in [0.4, 0.5) is 0 Å². The minimum Gasteiger partial charge on any atom is -0.494 e. The maximum atomic E-state index is 13.1. The van der Waals surface area contributed by atoms with E-state index < -0.39 is 0 Å². The quantitative estimate of drug-likeness (QED) is 0.570. The number of amides is 2.